The summed E-state index contributed by atoms with van der Waals surface area (Å²) in [7, 11) is 0. The minimum Gasteiger partial charge on any atom is -0.408 e. The third kappa shape index (κ3) is 3.26. The van der Waals surface area contributed by atoms with Crippen LogP contribution < -0.4 is 11.1 Å². The SMILES string of the molecule is CC1CCC(NC(=O)c2nc(Cn3c(=O)oc4ccccc43)no2)CC1. The molecule has 1 aromatic carbocycles. The second kappa shape index (κ2) is 6.78. The van der Waals surface area contributed by atoms with Crippen molar-refractivity contribution < 1.29 is 13.7 Å². The van der Waals surface area contributed by atoms with Gasteiger partial charge in [-0.2, -0.15) is 4.98 Å². The van der Waals surface area contributed by atoms with Crippen LogP contribution >= 0.6 is 0 Å². The highest BCUT2D eigenvalue weighted by molar-refractivity contribution is 5.89. The Hall–Kier alpha value is -2.90. The molecule has 0 aliphatic heterocycles. The highest BCUT2D eigenvalue weighted by Crippen LogP contribution is 2.23. The van der Waals surface area contributed by atoms with Crippen molar-refractivity contribution in [2.75, 3.05) is 0 Å². The van der Waals surface area contributed by atoms with Crippen molar-refractivity contribution in [2.45, 2.75) is 45.2 Å². The van der Waals surface area contributed by atoms with E-state index in [0.29, 0.717) is 17.0 Å². The van der Waals surface area contributed by atoms with Gasteiger partial charge in [-0.25, -0.2) is 4.79 Å². The van der Waals surface area contributed by atoms with Crippen molar-refractivity contribution in [3.05, 3.63) is 46.5 Å². The lowest BCUT2D eigenvalue weighted by Gasteiger charge is -2.26. The van der Waals surface area contributed by atoms with Crippen molar-refractivity contribution in [2.24, 2.45) is 5.92 Å². The van der Waals surface area contributed by atoms with Crippen molar-refractivity contribution in [3.63, 3.8) is 0 Å². The Balaban J connectivity index is 1.46. The number of fused-ring (bicyclic) bond motifs is 1. The molecule has 26 heavy (non-hydrogen) atoms. The Labute approximate surface area is 149 Å². The quantitative estimate of drug-likeness (QED) is 0.769. The summed E-state index contributed by atoms with van der Waals surface area (Å²) in [5, 5.41) is 6.76. The van der Waals surface area contributed by atoms with E-state index < -0.39 is 5.76 Å². The Morgan fingerprint density at radius 2 is 2.04 bits per heavy atom. The van der Waals surface area contributed by atoms with Crippen LogP contribution in [-0.4, -0.2) is 26.7 Å². The fraction of sp³-hybridized carbons (Fsp3) is 0.444. The number of para-hydroxylation sites is 2. The fourth-order valence-electron chi connectivity index (χ4n) is 3.37. The number of aromatic nitrogens is 3. The number of benzene rings is 1. The van der Waals surface area contributed by atoms with Crippen LogP contribution in [0.3, 0.4) is 0 Å². The molecular weight excluding hydrogens is 336 g/mol. The largest absolute Gasteiger partial charge is 0.420 e. The number of rotatable bonds is 4. The normalized spacial score (nSPS) is 20.3. The summed E-state index contributed by atoms with van der Waals surface area (Å²) in [6.07, 6.45) is 4.14. The molecule has 0 unspecified atom stereocenters. The molecule has 1 saturated carbocycles. The van der Waals surface area contributed by atoms with Gasteiger partial charge < -0.3 is 14.3 Å². The van der Waals surface area contributed by atoms with Crippen molar-refractivity contribution in [1.82, 2.24) is 20.0 Å². The number of oxazole rings is 1. The molecular formula is C18H20N4O4. The first kappa shape index (κ1) is 16.6. The van der Waals surface area contributed by atoms with E-state index in [1.54, 1.807) is 18.2 Å². The summed E-state index contributed by atoms with van der Waals surface area (Å²) in [5.74, 6) is 0.00724. The van der Waals surface area contributed by atoms with Gasteiger partial charge in [0.2, 0.25) is 0 Å². The van der Waals surface area contributed by atoms with E-state index in [0.717, 1.165) is 25.7 Å². The summed E-state index contributed by atoms with van der Waals surface area (Å²) in [6, 6.07) is 7.24. The smallest absolute Gasteiger partial charge is 0.408 e. The maximum Gasteiger partial charge on any atom is 0.420 e. The van der Waals surface area contributed by atoms with Gasteiger partial charge >= 0.3 is 17.6 Å². The highest BCUT2D eigenvalue weighted by atomic mass is 16.5. The maximum absolute atomic E-state index is 12.3. The number of nitrogens with one attached hydrogen (secondary N) is 1. The van der Waals surface area contributed by atoms with Gasteiger partial charge in [0.25, 0.3) is 0 Å². The molecule has 3 aromatic rings. The molecule has 1 aliphatic rings. The predicted octanol–water partition coefficient (Wildman–Crippen LogP) is 2.33. The molecule has 1 aliphatic carbocycles. The van der Waals surface area contributed by atoms with Crippen LogP contribution in [0.5, 0.6) is 0 Å². The van der Waals surface area contributed by atoms with Gasteiger partial charge in [-0.15, -0.1) is 0 Å². The van der Waals surface area contributed by atoms with E-state index >= 15 is 0 Å². The van der Waals surface area contributed by atoms with Crippen LogP contribution in [-0.2, 0) is 6.54 Å². The molecule has 0 bridgehead atoms. The number of carbonyl (C=O) groups excluding carboxylic acids is 1. The van der Waals surface area contributed by atoms with Gasteiger partial charge in [-0.05, 0) is 43.7 Å². The van der Waals surface area contributed by atoms with Crippen molar-refractivity contribution >= 4 is 17.0 Å². The van der Waals surface area contributed by atoms with Gasteiger partial charge in [0.1, 0.15) is 0 Å². The number of nitrogens with zero attached hydrogens (tertiary/aromatic N) is 3. The van der Waals surface area contributed by atoms with Gasteiger partial charge in [-0.3, -0.25) is 9.36 Å². The first-order chi connectivity index (χ1) is 12.6. The number of amides is 1. The second-order valence-electron chi connectivity index (χ2n) is 6.87. The first-order valence-electron chi connectivity index (χ1n) is 8.82. The van der Waals surface area contributed by atoms with Gasteiger partial charge in [0, 0.05) is 6.04 Å². The minimum atomic E-state index is -0.502. The number of hydrogen-bond acceptors (Lipinski definition) is 6. The van der Waals surface area contributed by atoms with Crippen LogP contribution in [0.1, 0.15) is 49.1 Å². The molecule has 8 heteroatoms. The van der Waals surface area contributed by atoms with Gasteiger partial charge in [0.15, 0.2) is 11.4 Å². The molecule has 2 heterocycles. The van der Waals surface area contributed by atoms with Gasteiger partial charge in [0.05, 0.1) is 12.1 Å². The van der Waals surface area contributed by atoms with E-state index in [9.17, 15) is 9.59 Å². The summed E-state index contributed by atoms with van der Waals surface area (Å²) in [6.45, 7) is 2.30. The summed E-state index contributed by atoms with van der Waals surface area (Å²) in [5.41, 5.74) is 1.13. The third-order valence-electron chi connectivity index (χ3n) is 4.89. The van der Waals surface area contributed by atoms with E-state index in [-0.39, 0.29) is 30.2 Å². The first-order valence-corrected chi connectivity index (χ1v) is 8.82. The lowest BCUT2D eigenvalue weighted by molar-refractivity contribution is 0.0878. The Kier molecular flexibility index (Phi) is 4.32. The average molecular weight is 356 g/mol. The van der Waals surface area contributed by atoms with E-state index in [2.05, 4.69) is 22.4 Å². The predicted molar refractivity (Wildman–Crippen MR) is 92.8 cm³/mol. The summed E-state index contributed by atoms with van der Waals surface area (Å²) >= 11 is 0. The molecule has 2 aromatic heterocycles. The fourth-order valence-corrected chi connectivity index (χ4v) is 3.37. The van der Waals surface area contributed by atoms with E-state index in [1.165, 1.54) is 4.57 Å². The summed E-state index contributed by atoms with van der Waals surface area (Å²) < 4.78 is 11.7. The van der Waals surface area contributed by atoms with E-state index in [1.807, 2.05) is 6.07 Å². The summed E-state index contributed by atoms with van der Waals surface area (Å²) in [4.78, 5) is 28.4. The number of hydrogen-bond donors (Lipinski definition) is 1. The highest BCUT2D eigenvalue weighted by Gasteiger charge is 2.23. The average Bonchev–Trinajstić information content (AvgIpc) is 3.22. The van der Waals surface area contributed by atoms with Crippen molar-refractivity contribution in [1.29, 1.82) is 0 Å². The molecule has 0 atom stereocenters. The van der Waals surface area contributed by atoms with Crippen LogP contribution in [0.2, 0.25) is 0 Å². The second-order valence-corrected chi connectivity index (χ2v) is 6.87. The monoisotopic (exact) mass is 356 g/mol. The Morgan fingerprint density at radius 1 is 1.27 bits per heavy atom. The molecule has 4 rings (SSSR count). The Morgan fingerprint density at radius 3 is 2.85 bits per heavy atom. The molecule has 1 fully saturated rings. The van der Waals surface area contributed by atoms with Crippen LogP contribution in [0.15, 0.2) is 38.0 Å². The molecule has 0 saturated heterocycles. The molecule has 136 valence electrons. The zero-order valence-electron chi connectivity index (χ0n) is 14.5. The van der Waals surface area contributed by atoms with Gasteiger partial charge in [-0.1, -0.05) is 24.2 Å². The lowest BCUT2D eigenvalue weighted by Crippen LogP contribution is -2.37. The topological polar surface area (TPSA) is 103 Å². The molecule has 8 nitrogen and oxygen atoms in total. The molecule has 1 N–H and O–H groups in total. The van der Waals surface area contributed by atoms with Crippen LogP contribution in [0.25, 0.3) is 11.1 Å². The lowest BCUT2D eigenvalue weighted by atomic mass is 9.87. The van der Waals surface area contributed by atoms with Crippen molar-refractivity contribution in [3.8, 4) is 0 Å². The van der Waals surface area contributed by atoms with Crippen LogP contribution in [0, 0.1) is 5.92 Å². The molecule has 0 spiro atoms. The maximum atomic E-state index is 12.3. The molecule has 0 radical (unpaired) electrons. The minimum absolute atomic E-state index is 0.0770. The standard InChI is InChI=1S/C18H20N4O4/c1-11-6-8-12(9-7-11)19-16(23)17-20-15(21-26-17)10-22-13-4-2-3-5-14(13)25-18(22)24/h2-5,11-12H,6-10H2,1H3,(H,19,23). The van der Waals surface area contributed by atoms with E-state index in [4.69, 9.17) is 8.94 Å². The Bertz CT molecular complexity index is 978. The van der Waals surface area contributed by atoms with Crippen LogP contribution in [0.4, 0.5) is 0 Å². The third-order valence-corrected chi connectivity index (χ3v) is 4.89. The zero-order valence-corrected chi connectivity index (χ0v) is 14.5. The number of carbonyl (C=O) groups is 1. The molecule has 1 amide bonds. The zero-order chi connectivity index (χ0) is 18.1.